The van der Waals surface area contributed by atoms with E-state index >= 15 is 0 Å². The molecule has 6 nitrogen and oxygen atoms in total. The van der Waals surface area contributed by atoms with Crippen molar-refractivity contribution in [3.63, 3.8) is 0 Å². The fourth-order valence-electron chi connectivity index (χ4n) is 1.23. The Morgan fingerprint density at radius 1 is 1.46 bits per heavy atom. The molecule has 0 radical (unpaired) electrons. The molecule has 6 N–H and O–H groups in total. The third kappa shape index (κ3) is 2.40. The standard InChI is InChI=1S/C7H14N4O2/c8-4-2-11(3-4)7(13)5(9)1-6(10)12/h4-5H,1-3,8-9H2,(H2,10,12)/t5-/m0/s1. The van der Waals surface area contributed by atoms with Crippen LogP contribution in [0.2, 0.25) is 0 Å². The van der Waals surface area contributed by atoms with Crippen molar-refractivity contribution in [2.24, 2.45) is 17.2 Å². The summed E-state index contributed by atoms with van der Waals surface area (Å²) in [4.78, 5) is 23.3. The molecule has 74 valence electrons. The molecular weight excluding hydrogens is 172 g/mol. The van der Waals surface area contributed by atoms with E-state index in [1.54, 1.807) is 0 Å². The van der Waals surface area contributed by atoms with Gasteiger partial charge in [-0.2, -0.15) is 0 Å². The first-order chi connectivity index (χ1) is 6.00. The second-order valence-electron chi connectivity index (χ2n) is 3.28. The Hall–Kier alpha value is -1.14. The van der Waals surface area contributed by atoms with Crippen LogP contribution in [0.1, 0.15) is 6.42 Å². The first-order valence-electron chi connectivity index (χ1n) is 4.09. The van der Waals surface area contributed by atoms with Gasteiger partial charge in [-0.1, -0.05) is 0 Å². The predicted molar refractivity (Wildman–Crippen MR) is 46.3 cm³/mol. The van der Waals surface area contributed by atoms with E-state index in [0.29, 0.717) is 13.1 Å². The number of rotatable bonds is 3. The largest absolute Gasteiger partial charge is 0.370 e. The number of carbonyl (C=O) groups is 2. The molecule has 0 spiro atoms. The third-order valence-corrected chi connectivity index (χ3v) is 1.96. The van der Waals surface area contributed by atoms with Crippen LogP contribution in [0, 0.1) is 0 Å². The minimum absolute atomic E-state index is 0.0460. The molecule has 0 aromatic rings. The lowest BCUT2D eigenvalue weighted by atomic mass is 10.1. The third-order valence-electron chi connectivity index (χ3n) is 1.96. The molecule has 2 amide bonds. The zero-order valence-electron chi connectivity index (χ0n) is 7.27. The lowest BCUT2D eigenvalue weighted by Crippen LogP contribution is -2.61. The Kier molecular flexibility index (Phi) is 2.84. The fourth-order valence-corrected chi connectivity index (χ4v) is 1.23. The summed E-state index contributed by atoms with van der Waals surface area (Å²) in [5, 5.41) is 0. The van der Waals surface area contributed by atoms with Crippen LogP contribution in [0.25, 0.3) is 0 Å². The smallest absolute Gasteiger partial charge is 0.240 e. The maximum absolute atomic E-state index is 11.3. The Labute approximate surface area is 76.0 Å². The second kappa shape index (κ2) is 3.71. The monoisotopic (exact) mass is 186 g/mol. The molecule has 0 aliphatic carbocycles. The number of nitrogens with zero attached hydrogens (tertiary/aromatic N) is 1. The van der Waals surface area contributed by atoms with Gasteiger partial charge in [-0.25, -0.2) is 0 Å². The molecule has 0 bridgehead atoms. The molecule has 1 aliphatic rings. The summed E-state index contributed by atoms with van der Waals surface area (Å²) in [7, 11) is 0. The van der Waals surface area contributed by atoms with Gasteiger partial charge in [0.25, 0.3) is 0 Å². The van der Waals surface area contributed by atoms with Crippen molar-refractivity contribution in [2.45, 2.75) is 18.5 Å². The highest BCUT2D eigenvalue weighted by Gasteiger charge is 2.31. The number of likely N-dealkylation sites (tertiary alicyclic amines) is 1. The molecular formula is C7H14N4O2. The molecule has 13 heavy (non-hydrogen) atoms. The van der Waals surface area contributed by atoms with Crippen LogP contribution < -0.4 is 17.2 Å². The van der Waals surface area contributed by atoms with Gasteiger partial charge in [-0.05, 0) is 0 Å². The van der Waals surface area contributed by atoms with E-state index < -0.39 is 11.9 Å². The Morgan fingerprint density at radius 3 is 2.38 bits per heavy atom. The average Bonchev–Trinajstić information content (AvgIpc) is 1.96. The SMILES string of the molecule is NC(=O)C[C@H](N)C(=O)N1CC(N)C1. The van der Waals surface area contributed by atoms with E-state index in [-0.39, 0.29) is 18.4 Å². The summed E-state index contributed by atoms with van der Waals surface area (Å²) < 4.78 is 0. The van der Waals surface area contributed by atoms with E-state index in [2.05, 4.69) is 0 Å². The molecule has 0 saturated carbocycles. The van der Waals surface area contributed by atoms with Gasteiger partial charge in [0, 0.05) is 19.1 Å². The lowest BCUT2D eigenvalue weighted by Gasteiger charge is -2.38. The van der Waals surface area contributed by atoms with Crippen LogP contribution in [-0.4, -0.2) is 41.9 Å². The number of nitrogens with two attached hydrogens (primary N) is 3. The highest BCUT2D eigenvalue weighted by atomic mass is 16.2. The van der Waals surface area contributed by atoms with Gasteiger partial charge in [0.05, 0.1) is 12.5 Å². The van der Waals surface area contributed by atoms with Crippen molar-refractivity contribution >= 4 is 11.8 Å². The van der Waals surface area contributed by atoms with Crippen molar-refractivity contribution in [1.29, 1.82) is 0 Å². The second-order valence-corrected chi connectivity index (χ2v) is 3.28. The van der Waals surface area contributed by atoms with Crippen molar-refractivity contribution in [2.75, 3.05) is 13.1 Å². The lowest BCUT2D eigenvalue weighted by molar-refractivity contribution is -0.138. The predicted octanol–water partition coefficient (Wildman–Crippen LogP) is -2.64. The fraction of sp³-hybridized carbons (Fsp3) is 0.714. The Bertz CT molecular complexity index is 225. The van der Waals surface area contributed by atoms with E-state index in [0.717, 1.165) is 0 Å². The van der Waals surface area contributed by atoms with Gasteiger partial charge in [0.1, 0.15) is 0 Å². The van der Waals surface area contributed by atoms with Gasteiger partial charge in [0.2, 0.25) is 11.8 Å². The zero-order chi connectivity index (χ0) is 10.0. The van der Waals surface area contributed by atoms with Crippen LogP contribution >= 0.6 is 0 Å². The van der Waals surface area contributed by atoms with Crippen molar-refractivity contribution < 1.29 is 9.59 Å². The van der Waals surface area contributed by atoms with Gasteiger partial charge in [-0.3, -0.25) is 9.59 Å². The molecule has 1 atom stereocenters. The van der Waals surface area contributed by atoms with Crippen molar-refractivity contribution in [1.82, 2.24) is 4.90 Å². The normalized spacial score (nSPS) is 19.4. The molecule has 1 heterocycles. The highest BCUT2D eigenvalue weighted by Crippen LogP contribution is 2.07. The van der Waals surface area contributed by atoms with Crippen LogP contribution in [0.5, 0.6) is 0 Å². The molecule has 1 fully saturated rings. The molecule has 0 unspecified atom stereocenters. The van der Waals surface area contributed by atoms with Crippen LogP contribution in [0.4, 0.5) is 0 Å². The number of carbonyl (C=O) groups excluding carboxylic acids is 2. The Balaban J connectivity index is 2.35. The van der Waals surface area contributed by atoms with Crippen LogP contribution in [-0.2, 0) is 9.59 Å². The van der Waals surface area contributed by atoms with E-state index in [1.165, 1.54) is 4.90 Å². The summed E-state index contributed by atoms with van der Waals surface area (Å²) in [6, 6.07) is -0.769. The maximum atomic E-state index is 11.3. The summed E-state index contributed by atoms with van der Waals surface area (Å²) in [6.45, 7) is 1.04. The average molecular weight is 186 g/mol. The van der Waals surface area contributed by atoms with Crippen molar-refractivity contribution in [3.05, 3.63) is 0 Å². The summed E-state index contributed by atoms with van der Waals surface area (Å²) >= 11 is 0. The summed E-state index contributed by atoms with van der Waals surface area (Å²) in [5.74, 6) is -0.814. The van der Waals surface area contributed by atoms with Gasteiger partial charge in [-0.15, -0.1) is 0 Å². The van der Waals surface area contributed by atoms with Crippen LogP contribution in [0.15, 0.2) is 0 Å². The number of hydrogen-bond acceptors (Lipinski definition) is 4. The Morgan fingerprint density at radius 2 is 2.00 bits per heavy atom. The zero-order valence-corrected chi connectivity index (χ0v) is 7.27. The number of amides is 2. The highest BCUT2D eigenvalue weighted by molar-refractivity contribution is 5.88. The number of hydrogen-bond donors (Lipinski definition) is 3. The summed E-state index contributed by atoms with van der Waals surface area (Å²) in [6.07, 6.45) is -0.107. The van der Waals surface area contributed by atoms with E-state index in [4.69, 9.17) is 17.2 Å². The van der Waals surface area contributed by atoms with Crippen molar-refractivity contribution in [3.8, 4) is 0 Å². The minimum atomic E-state index is -0.815. The van der Waals surface area contributed by atoms with Gasteiger partial charge < -0.3 is 22.1 Å². The van der Waals surface area contributed by atoms with E-state index in [1.807, 2.05) is 0 Å². The van der Waals surface area contributed by atoms with Gasteiger partial charge in [0.15, 0.2) is 0 Å². The molecule has 1 rings (SSSR count). The van der Waals surface area contributed by atoms with Gasteiger partial charge >= 0.3 is 0 Å². The minimum Gasteiger partial charge on any atom is -0.370 e. The quantitative estimate of drug-likeness (QED) is 0.446. The number of primary amides is 1. The molecule has 1 aliphatic heterocycles. The summed E-state index contributed by atoms with van der Waals surface area (Å²) in [5.41, 5.74) is 15.8. The first-order valence-corrected chi connectivity index (χ1v) is 4.09. The first kappa shape index (κ1) is 9.94. The maximum Gasteiger partial charge on any atom is 0.240 e. The van der Waals surface area contributed by atoms with E-state index in [9.17, 15) is 9.59 Å². The molecule has 1 saturated heterocycles. The topological polar surface area (TPSA) is 115 Å². The molecule has 6 heteroatoms. The van der Waals surface area contributed by atoms with Crippen LogP contribution in [0.3, 0.4) is 0 Å². The molecule has 0 aromatic carbocycles. The molecule has 0 aromatic heterocycles.